The SMILES string of the molecule is COc1cc2ncnc(N3CCC(NC(=O)c4cc(C)ccc4[N+](=O)[O-])CC3)c2cc1OC. The largest absolute Gasteiger partial charge is 0.493 e. The lowest BCUT2D eigenvalue weighted by molar-refractivity contribution is -0.385. The molecule has 0 bridgehead atoms. The van der Waals surface area contributed by atoms with Crippen LogP contribution in [0, 0.1) is 17.0 Å². The Balaban J connectivity index is 1.49. The molecule has 0 saturated carbocycles. The number of nitrogens with one attached hydrogen (secondary N) is 1. The lowest BCUT2D eigenvalue weighted by Crippen LogP contribution is -2.45. The number of hydrogen-bond acceptors (Lipinski definition) is 8. The second-order valence-electron chi connectivity index (χ2n) is 7.93. The van der Waals surface area contributed by atoms with Crippen LogP contribution in [0.5, 0.6) is 11.5 Å². The van der Waals surface area contributed by atoms with Crippen LogP contribution in [0.2, 0.25) is 0 Å². The van der Waals surface area contributed by atoms with Gasteiger partial charge in [0.2, 0.25) is 0 Å². The Labute approximate surface area is 190 Å². The van der Waals surface area contributed by atoms with Gasteiger partial charge in [0.05, 0.1) is 24.7 Å². The quantitative estimate of drug-likeness (QED) is 0.448. The monoisotopic (exact) mass is 451 g/mol. The van der Waals surface area contributed by atoms with Gasteiger partial charge in [-0.2, -0.15) is 0 Å². The lowest BCUT2D eigenvalue weighted by atomic mass is 10.0. The molecule has 0 spiro atoms. The summed E-state index contributed by atoms with van der Waals surface area (Å²) in [6.45, 7) is 3.14. The number of methoxy groups -OCH3 is 2. The summed E-state index contributed by atoms with van der Waals surface area (Å²) < 4.78 is 10.8. The highest BCUT2D eigenvalue weighted by molar-refractivity contribution is 5.98. The van der Waals surface area contributed by atoms with E-state index in [0.29, 0.717) is 37.4 Å². The van der Waals surface area contributed by atoms with Crippen LogP contribution >= 0.6 is 0 Å². The maximum Gasteiger partial charge on any atom is 0.282 e. The minimum atomic E-state index is -0.527. The first-order valence-corrected chi connectivity index (χ1v) is 10.6. The van der Waals surface area contributed by atoms with Crippen LogP contribution in [0.1, 0.15) is 28.8 Å². The number of benzene rings is 2. The summed E-state index contributed by atoms with van der Waals surface area (Å²) in [7, 11) is 3.16. The summed E-state index contributed by atoms with van der Waals surface area (Å²) in [5.41, 5.74) is 1.45. The van der Waals surface area contributed by atoms with E-state index >= 15 is 0 Å². The number of amides is 1. The van der Waals surface area contributed by atoms with Crippen LogP contribution in [0.4, 0.5) is 11.5 Å². The molecular formula is C23H25N5O5. The van der Waals surface area contributed by atoms with E-state index in [2.05, 4.69) is 20.2 Å². The Morgan fingerprint density at radius 3 is 2.48 bits per heavy atom. The van der Waals surface area contributed by atoms with Crippen molar-refractivity contribution in [3.8, 4) is 11.5 Å². The molecule has 33 heavy (non-hydrogen) atoms. The van der Waals surface area contributed by atoms with Gasteiger partial charge in [-0.3, -0.25) is 14.9 Å². The maximum atomic E-state index is 12.8. The van der Waals surface area contributed by atoms with E-state index in [1.807, 2.05) is 12.1 Å². The Hall–Kier alpha value is -3.95. The normalized spacial score (nSPS) is 14.2. The number of hydrogen-bond donors (Lipinski definition) is 1. The Kier molecular flexibility index (Phi) is 6.25. The number of nitro groups is 1. The molecule has 1 aliphatic heterocycles. The number of carbonyl (C=O) groups is 1. The van der Waals surface area contributed by atoms with Gasteiger partial charge in [-0.15, -0.1) is 0 Å². The highest BCUT2D eigenvalue weighted by Crippen LogP contribution is 2.35. The number of anilines is 1. The molecule has 0 atom stereocenters. The zero-order valence-corrected chi connectivity index (χ0v) is 18.7. The van der Waals surface area contributed by atoms with E-state index in [1.165, 1.54) is 12.4 Å². The molecule has 1 saturated heterocycles. The van der Waals surface area contributed by atoms with Crippen LogP contribution < -0.4 is 19.7 Å². The van der Waals surface area contributed by atoms with Gasteiger partial charge in [-0.1, -0.05) is 6.07 Å². The van der Waals surface area contributed by atoms with Crippen molar-refractivity contribution in [3.05, 3.63) is 57.9 Å². The van der Waals surface area contributed by atoms with Gasteiger partial charge in [0.1, 0.15) is 17.7 Å². The second kappa shape index (κ2) is 9.27. The Morgan fingerprint density at radius 1 is 1.12 bits per heavy atom. The fourth-order valence-electron chi connectivity index (χ4n) is 4.11. The standard InChI is InChI=1S/C23H25N5O5/c1-14-4-5-19(28(30)31)17(10-14)23(29)26-15-6-8-27(9-7-15)22-16-11-20(32-2)21(33-3)12-18(16)24-13-25-22/h4-5,10-13,15H,6-9H2,1-3H3,(H,26,29). The summed E-state index contributed by atoms with van der Waals surface area (Å²) in [4.78, 5) is 34.5. The average molecular weight is 451 g/mol. The van der Waals surface area contributed by atoms with E-state index in [1.54, 1.807) is 33.3 Å². The molecular weight excluding hydrogens is 426 g/mol. The first kappa shape index (κ1) is 22.3. The fourth-order valence-corrected chi connectivity index (χ4v) is 4.11. The molecule has 172 valence electrons. The van der Waals surface area contributed by atoms with Gasteiger partial charge in [0.15, 0.2) is 11.5 Å². The first-order chi connectivity index (χ1) is 15.9. The molecule has 10 heteroatoms. The highest BCUT2D eigenvalue weighted by atomic mass is 16.6. The van der Waals surface area contributed by atoms with Crippen molar-refractivity contribution in [2.75, 3.05) is 32.2 Å². The number of aryl methyl sites for hydroxylation is 1. The number of carbonyl (C=O) groups excluding carboxylic acids is 1. The minimum absolute atomic E-state index is 0.0865. The molecule has 2 heterocycles. The first-order valence-electron chi connectivity index (χ1n) is 10.6. The number of piperidine rings is 1. The van der Waals surface area contributed by atoms with Gasteiger partial charge in [0, 0.05) is 36.7 Å². The van der Waals surface area contributed by atoms with Crippen molar-refractivity contribution in [3.63, 3.8) is 0 Å². The van der Waals surface area contributed by atoms with E-state index < -0.39 is 10.8 Å². The summed E-state index contributed by atoms with van der Waals surface area (Å²) >= 11 is 0. The zero-order valence-electron chi connectivity index (χ0n) is 18.7. The van der Waals surface area contributed by atoms with E-state index in [9.17, 15) is 14.9 Å². The fraction of sp³-hybridized carbons (Fsp3) is 0.348. The number of nitro benzene ring substituents is 1. The molecule has 0 radical (unpaired) electrons. The van der Waals surface area contributed by atoms with Crippen LogP contribution in [0.3, 0.4) is 0 Å². The smallest absolute Gasteiger partial charge is 0.282 e. The van der Waals surface area contributed by atoms with Gasteiger partial charge in [-0.25, -0.2) is 9.97 Å². The molecule has 1 aliphatic rings. The van der Waals surface area contributed by atoms with E-state index in [-0.39, 0.29) is 17.3 Å². The van der Waals surface area contributed by atoms with Crippen LogP contribution in [-0.4, -0.2) is 54.1 Å². The van der Waals surface area contributed by atoms with Gasteiger partial charge in [-0.05, 0) is 37.5 Å². The third-order valence-electron chi connectivity index (χ3n) is 5.84. The van der Waals surface area contributed by atoms with E-state index in [4.69, 9.17) is 9.47 Å². The third-order valence-corrected chi connectivity index (χ3v) is 5.84. The predicted molar refractivity (Wildman–Crippen MR) is 123 cm³/mol. The van der Waals surface area contributed by atoms with Crippen molar-refractivity contribution in [1.29, 1.82) is 0 Å². The van der Waals surface area contributed by atoms with Crippen LogP contribution in [0.25, 0.3) is 10.9 Å². The van der Waals surface area contributed by atoms with Crippen LogP contribution in [-0.2, 0) is 0 Å². The Bertz CT molecular complexity index is 1210. The molecule has 10 nitrogen and oxygen atoms in total. The van der Waals surface area contributed by atoms with Gasteiger partial charge >= 0.3 is 0 Å². The van der Waals surface area contributed by atoms with Crippen molar-refractivity contribution < 1.29 is 19.2 Å². The maximum absolute atomic E-state index is 12.8. The number of fused-ring (bicyclic) bond motifs is 1. The molecule has 0 aliphatic carbocycles. The average Bonchev–Trinajstić information content (AvgIpc) is 2.83. The predicted octanol–water partition coefficient (Wildman–Crippen LogP) is 3.26. The molecule has 0 unspecified atom stereocenters. The minimum Gasteiger partial charge on any atom is -0.493 e. The van der Waals surface area contributed by atoms with Crippen molar-refractivity contribution >= 4 is 28.3 Å². The van der Waals surface area contributed by atoms with Gasteiger partial charge < -0.3 is 19.7 Å². The van der Waals surface area contributed by atoms with Crippen molar-refractivity contribution in [2.24, 2.45) is 0 Å². The molecule has 1 N–H and O–H groups in total. The molecule has 3 aromatic rings. The molecule has 1 aromatic heterocycles. The van der Waals surface area contributed by atoms with Gasteiger partial charge in [0.25, 0.3) is 11.6 Å². The number of aromatic nitrogens is 2. The zero-order chi connectivity index (χ0) is 23.5. The summed E-state index contributed by atoms with van der Waals surface area (Å²) in [5, 5.41) is 15.1. The molecule has 4 rings (SSSR count). The Morgan fingerprint density at radius 2 is 1.82 bits per heavy atom. The lowest BCUT2D eigenvalue weighted by Gasteiger charge is -2.33. The summed E-state index contributed by atoms with van der Waals surface area (Å²) in [6.07, 6.45) is 2.89. The number of ether oxygens (including phenoxy) is 2. The van der Waals surface area contributed by atoms with Crippen LogP contribution in [0.15, 0.2) is 36.7 Å². The molecule has 1 fully saturated rings. The molecule has 2 aromatic carbocycles. The van der Waals surface area contributed by atoms with Crippen molar-refractivity contribution in [2.45, 2.75) is 25.8 Å². The summed E-state index contributed by atoms with van der Waals surface area (Å²) in [5.74, 6) is 1.57. The number of rotatable bonds is 6. The molecule has 1 amide bonds. The second-order valence-corrected chi connectivity index (χ2v) is 7.93. The summed E-state index contributed by atoms with van der Waals surface area (Å²) in [6, 6.07) is 8.16. The highest BCUT2D eigenvalue weighted by Gasteiger charge is 2.26. The van der Waals surface area contributed by atoms with Crippen molar-refractivity contribution in [1.82, 2.24) is 15.3 Å². The number of nitrogens with zero attached hydrogens (tertiary/aromatic N) is 4. The topological polar surface area (TPSA) is 120 Å². The van der Waals surface area contributed by atoms with E-state index in [0.717, 1.165) is 22.3 Å². The third kappa shape index (κ3) is 4.50.